The Morgan fingerprint density at radius 1 is 1.30 bits per heavy atom. The van der Waals surface area contributed by atoms with Gasteiger partial charge < -0.3 is 10.5 Å². The minimum atomic E-state index is -3.85. The molecular weight excluding hydrogens is 285 g/mol. The Kier molecular flexibility index (Phi) is 3.75. The standard InChI is InChI=1S/C12H12FN3O3S/c1-19-11-6-9(3-4-10(11)14)20(17,18)16-12-5-2-8(13)7-15-12/h2-7H,14H2,1H3,(H,15,16). The molecule has 6 nitrogen and oxygen atoms in total. The molecule has 3 N–H and O–H groups in total. The number of aromatic nitrogens is 1. The third-order valence-corrected chi connectivity index (χ3v) is 3.83. The second-order valence-electron chi connectivity index (χ2n) is 3.87. The van der Waals surface area contributed by atoms with Gasteiger partial charge in [-0.1, -0.05) is 0 Å². The largest absolute Gasteiger partial charge is 0.495 e. The number of halogens is 1. The minimum absolute atomic E-state index is 0.0159. The normalized spacial score (nSPS) is 11.1. The van der Waals surface area contributed by atoms with Crippen LogP contribution >= 0.6 is 0 Å². The van der Waals surface area contributed by atoms with Crippen LogP contribution in [0, 0.1) is 5.82 Å². The van der Waals surface area contributed by atoms with E-state index in [1.165, 1.54) is 31.4 Å². The highest BCUT2D eigenvalue weighted by Crippen LogP contribution is 2.25. The van der Waals surface area contributed by atoms with Gasteiger partial charge in [0.15, 0.2) is 0 Å². The Labute approximate surface area is 115 Å². The molecule has 2 rings (SSSR count). The summed E-state index contributed by atoms with van der Waals surface area (Å²) in [4.78, 5) is 3.60. The fraction of sp³-hybridized carbons (Fsp3) is 0.0833. The van der Waals surface area contributed by atoms with E-state index in [9.17, 15) is 12.8 Å². The Morgan fingerprint density at radius 3 is 2.65 bits per heavy atom. The number of hydrogen-bond acceptors (Lipinski definition) is 5. The van der Waals surface area contributed by atoms with Crippen LogP contribution in [-0.4, -0.2) is 20.5 Å². The number of anilines is 2. The molecule has 0 fully saturated rings. The van der Waals surface area contributed by atoms with E-state index >= 15 is 0 Å². The summed E-state index contributed by atoms with van der Waals surface area (Å²) in [7, 11) is -2.46. The molecule has 0 radical (unpaired) electrons. The van der Waals surface area contributed by atoms with Crippen molar-refractivity contribution in [2.24, 2.45) is 0 Å². The highest BCUT2D eigenvalue weighted by molar-refractivity contribution is 7.92. The smallest absolute Gasteiger partial charge is 0.263 e. The molecule has 0 aliphatic carbocycles. The Morgan fingerprint density at radius 2 is 2.05 bits per heavy atom. The molecule has 106 valence electrons. The van der Waals surface area contributed by atoms with Crippen molar-refractivity contribution < 1.29 is 17.5 Å². The van der Waals surface area contributed by atoms with E-state index in [1.54, 1.807) is 0 Å². The molecular formula is C12H12FN3O3S. The van der Waals surface area contributed by atoms with Gasteiger partial charge in [-0.15, -0.1) is 0 Å². The van der Waals surface area contributed by atoms with Crippen LogP contribution in [-0.2, 0) is 10.0 Å². The van der Waals surface area contributed by atoms with Crippen molar-refractivity contribution in [2.75, 3.05) is 17.6 Å². The van der Waals surface area contributed by atoms with Gasteiger partial charge in [-0.3, -0.25) is 4.72 Å². The molecule has 1 heterocycles. The Hall–Kier alpha value is -2.35. The number of nitrogens with zero attached hydrogens (tertiary/aromatic N) is 1. The lowest BCUT2D eigenvalue weighted by molar-refractivity contribution is 0.415. The van der Waals surface area contributed by atoms with Gasteiger partial charge in [0.25, 0.3) is 10.0 Å². The van der Waals surface area contributed by atoms with Gasteiger partial charge in [-0.05, 0) is 24.3 Å². The van der Waals surface area contributed by atoms with Crippen molar-refractivity contribution in [2.45, 2.75) is 4.90 Å². The van der Waals surface area contributed by atoms with Crippen molar-refractivity contribution in [1.82, 2.24) is 4.98 Å². The number of nitrogens with one attached hydrogen (secondary N) is 1. The molecule has 0 bridgehead atoms. The summed E-state index contributed by atoms with van der Waals surface area (Å²) in [6, 6.07) is 6.38. The lowest BCUT2D eigenvalue weighted by atomic mass is 10.3. The first-order valence-electron chi connectivity index (χ1n) is 5.50. The zero-order valence-electron chi connectivity index (χ0n) is 10.5. The van der Waals surface area contributed by atoms with E-state index in [0.29, 0.717) is 5.69 Å². The molecule has 0 amide bonds. The number of methoxy groups -OCH3 is 1. The Bertz CT molecular complexity index is 717. The first-order chi connectivity index (χ1) is 9.42. The van der Waals surface area contributed by atoms with Gasteiger partial charge in [-0.25, -0.2) is 17.8 Å². The van der Waals surface area contributed by atoms with Crippen LogP contribution in [0.25, 0.3) is 0 Å². The van der Waals surface area contributed by atoms with Gasteiger partial charge in [-0.2, -0.15) is 0 Å². The van der Waals surface area contributed by atoms with Gasteiger partial charge in [0, 0.05) is 6.07 Å². The van der Waals surface area contributed by atoms with E-state index < -0.39 is 15.8 Å². The van der Waals surface area contributed by atoms with E-state index in [0.717, 1.165) is 12.3 Å². The average molecular weight is 297 g/mol. The number of pyridine rings is 1. The summed E-state index contributed by atoms with van der Waals surface area (Å²) in [6.45, 7) is 0. The van der Waals surface area contributed by atoms with Gasteiger partial charge in [0.2, 0.25) is 0 Å². The molecule has 1 aromatic heterocycles. The molecule has 0 saturated carbocycles. The summed E-state index contributed by atoms with van der Waals surface area (Å²) in [5, 5.41) is 0. The lowest BCUT2D eigenvalue weighted by Gasteiger charge is -2.10. The monoisotopic (exact) mass is 297 g/mol. The van der Waals surface area contributed by atoms with E-state index in [2.05, 4.69) is 9.71 Å². The van der Waals surface area contributed by atoms with Gasteiger partial charge >= 0.3 is 0 Å². The number of nitrogens with two attached hydrogens (primary N) is 1. The zero-order valence-corrected chi connectivity index (χ0v) is 11.3. The molecule has 2 aromatic rings. The molecule has 0 spiro atoms. The maximum absolute atomic E-state index is 12.7. The summed E-state index contributed by atoms with van der Waals surface area (Å²) >= 11 is 0. The van der Waals surface area contributed by atoms with E-state index in [4.69, 9.17) is 10.5 Å². The summed E-state index contributed by atoms with van der Waals surface area (Å²) in [5.74, 6) is -0.288. The van der Waals surface area contributed by atoms with Crippen molar-refractivity contribution in [3.63, 3.8) is 0 Å². The van der Waals surface area contributed by atoms with Crippen LogP contribution in [0.15, 0.2) is 41.4 Å². The predicted molar refractivity (Wildman–Crippen MR) is 72.4 cm³/mol. The molecule has 0 unspecified atom stereocenters. The summed E-state index contributed by atoms with van der Waals surface area (Å²) < 4.78 is 44.2. The topological polar surface area (TPSA) is 94.3 Å². The number of sulfonamides is 1. The van der Waals surface area contributed by atoms with E-state index in [1.807, 2.05) is 0 Å². The molecule has 0 aliphatic rings. The predicted octanol–water partition coefficient (Wildman–Crippen LogP) is 1.61. The number of hydrogen-bond donors (Lipinski definition) is 2. The second kappa shape index (κ2) is 5.33. The number of rotatable bonds is 4. The number of benzene rings is 1. The fourth-order valence-electron chi connectivity index (χ4n) is 1.49. The third-order valence-electron chi connectivity index (χ3n) is 2.48. The van der Waals surface area contributed by atoms with Crippen molar-refractivity contribution in [1.29, 1.82) is 0 Å². The van der Waals surface area contributed by atoms with Crippen LogP contribution in [0.1, 0.15) is 0 Å². The molecule has 0 saturated heterocycles. The summed E-state index contributed by atoms with van der Waals surface area (Å²) in [5.41, 5.74) is 5.94. The van der Waals surface area contributed by atoms with Gasteiger partial charge in [0.05, 0.1) is 23.9 Å². The highest BCUT2D eigenvalue weighted by Gasteiger charge is 2.16. The minimum Gasteiger partial charge on any atom is -0.495 e. The third kappa shape index (κ3) is 2.97. The van der Waals surface area contributed by atoms with E-state index in [-0.39, 0.29) is 16.5 Å². The maximum atomic E-state index is 12.7. The first kappa shape index (κ1) is 14.1. The average Bonchev–Trinajstić information content (AvgIpc) is 2.41. The van der Waals surface area contributed by atoms with Crippen LogP contribution in [0.2, 0.25) is 0 Å². The molecule has 0 aliphatic heterocycles. The van der Waals surface area contributed by atoms with Crippen molar-refractivity contribution >= 4 is 21.5 Å². The zero-order chi connectivity index (χ0) is 14.8. The van der Waals surface area contributed by atoms with Crippen LogP contribution in [0.5, 0.6) is 5.75 Å². The fourth-order valence-corrected chi connectivity index (χ4v) is 2.51. The van der Waals surface area contributed by atoms with Crippen LogP contribution < -0.4 is 15.2 Å². The van der Waals surface area contributed by atoms with Crippen LogP contribution in [0.3, 0.4) is 0 Å². The van der Waals surface area contributed by atoms with Crippen molar-refractivity contribution in [3.8, 4) is 5.75 Å². The number of nitrogen functional groups attached to an aromatic ring is 1. The maximum Gasteiger partial charge on any atom is 0.263 e. The molecule has 0 atom stereocenters. The SMILES string of the molecule is COc1cc(S(=O)(=O)Nc2ccc(F)cn2)ccc1N. The molecule has 1 aromatic carbocycles. The second-order valence-corrected chi connectivity index (χ2v) is 5.55. The molecule has 20 heavy (non-hydrogen) atoms. The van der Waals surface area contributed by atoms with Crippen molar-refractivity contribution in [3.05, 3.63) is 42.3 Å². The number of ether oxygens (including phenoxy) is 1. The lowest BCUT2D eigenvalue weighted by Crippen LogP contribution is -2.14. The highest BCUT2D eigenvalue weighted by atomic mass is 32.2. The van der Waals surface area contributed by atoms with Crippen LogP contribution in [0.4, 0.5) is 15.9 Å². The van der Waals surface area contributed by atoms with Gasteiger partial charge in [0.1, 0.15) is 17.4 Å². The first-order valence-corrected chi connectivity index (χ1v) is 6.98. The summed E-state index contributed by atoms with van der Waals surface area (Å²) in [6.07, 6.45) is 0.918. The molecule has 8 heteroatoms. The quantitative estimate of drug-likeness (QED) is 0.836. The Balaban J connectivity index is 2.33.